The smallest absolute Gasteiger partial charge is 0.316 e. The number of nitrogens with one attached hydrogen (secondary N) is 2. The van der Waals surface area contributed by atoms with Gasteiger partial charge in [-0.3, -0.25) is 9.59 Å². The Morgan fingerprint density at radius 3 is 2.62 bits per heavy atom. The highest BCUT2D eigenvalue weighted by Gasteiger charge is 2.18. The third-order valence-corrected chi connectivity index (χ3v) is 4.04. The molecule has 0 radical (unpaired) electrons. The lowest BCUT2D eigenvalue weighted by atomic mass is 10.2. The van der Waals surface area contributed by atoms with Gasteiger partial charge in [-0.15, -0.1) is 0 Å². The summed E-state index contributed by atoms with van der Waals surface area (Å²) in [6.07, 6.45) is 0. The van der Waals surface area contributed by atoms with Crippen molar-refractivity contribution >= 4 is 23.4 Å². The Bertz CT molecular complexity index is 1040. The topological polar surface area (TPSA) is 106 Å². The van der Waals surface area contributed by atoms with Crippen LogP contribution in [0.5, 0.6) is 5.75 Å². The number of aromatic nitrogens is 2. The molecular weight excluding hydrogens is 403 g/mol. The molecule has 8 nitrogen and oxygen atoms in total. The first-order valence-corrected chi connectivity index (χ1v) is 8.85. The predicted octanol–water partition coefficient (Wildman–Crippen LogP) is 2.70. The highest BCUT2D eigenvalue weighted by Crippen LogP contribution is 2.30. The van der Waals surface area contributed by atoms with Gasteiger partial charge in [0.2, 0.25) is 5.82 Å². The van der Waals surface area contributed by atoms with E-state index in [2.05, 4.69) is 20.8 Å². The normalized spacial score (nSPS) is 10.4. The minimum atomic E-state index is -0.607. The van der Waals surface area contributed by atoms with Gasteiger partial charge in [-0.2, -0.15) is 4.98 Å². The van der Waals surface area contributed by atoms with Crippen molar-refractivity contribution in [1.82, 2.24) is 20.8 Å². The largest absolute Gasteiger partial charge is 0.496 e. The lowest BCUT2D eigenvalue weighted by Crippen LogP contribution is -2.34. The molecule has 0 saturated carbocycles. The fourth-order valence-electron chi connectivity index (χ4n) is 2.44. The van der Waals surface area contributed by atoms with E-state index in [0.717, 1.165) is 6.07 Å². The van der Waals surface area contributed by atoms with Crippen LogP contribution in [0, 0.1) is 5.82 Å². The molecule has 0 unspecified atom stereocenters. The fourth-order valence-corrected chi connectivity index (χ4v) is 2.61. The number of rotatable bonds is 7. The van der Waals surface area contributed by atoms with Crippen molar-refractivity contribution in [3.63, 3.8) is 0 Å². The molecule has 2 amide bonds. The number of hydrogen-bond donors (Lipinski definition) is 2. The van der Waals surface area contributed by atoms with Gasteiger partial charge < -0.3 is 19.9 Å². The van der Waals surface area contributed by atoms with E-state index in [0.29, 0.717) is 16.3 Å². The first-order valence-electron chi connectivity index (χ1n) is 8.47. The number of nitrogens with zero attached hydrogens (tertiary/aromatic N) is 2. The quantitative estimate of drug-likeness (QED) is 0.571. The Hall–Kier alpha value is -3.46. The Kier molecular flexibility index (Phi) is 6.40. The Labute approximate surface area is 170 Å². The van der Waals surface area contributed by atoms with Crippen LogP contribution in [-0.4, -0.2) is 42.2 Å². The zero-order valence-electron chi connectivity index (χ0n) is 15.2. The summed E-state index contributed by atoms with van der Waals surface area (Å²) >= 11 is 5.98. The molecule has 2 N–H and O–H groups in total. The standard InChI is InChI=1S/C19H16ClFN4O4/c1-28-15-6-5-12(20)10-14(15)16-24-19(29-25-16)18(27)23-8-7-22-17(26)11-3-2-4-13(21)9-11/h2-6,9-10H,7-8H2,1H3,(H,22,26)(H,23,27). The number of carbonyl (C=O) groups excluding carboxylic acids is 2. The molecule has 0 bridgehead atoms. The summed E-state index contributed by atoms with van der Waals surface area (Å²) in [7, 11) is 1.48. The Morgan fingerprint density at radius 1 is 1.14 bits per heavy atom. The lowest BCUT2D eigenvalue weighted by molar-refractivity contribution is 0.0898. The molecule has 0 fully saturated rings. The van der Waals surface area contributed by atoms with Crippen molar-refractivity contribution in [3.8, 4) is 17.1 Å². The number of amides is 2. The molecule has 150 valence electrons. The van der Waals surface area contributed by atoms with Crippen LogP contribution in [0.2, 0.25) is 5.02 Å². The molecule has 3 aromatic rings. The summed E-state index contributed by atoms with van der Waals surface area (Å²) in [4.78, 5) is 28.1. The van der Waals surface area contributed by atoms with E-state index in [1.54, 1.807) is 18.2 Å². The van der Waals surface area contributed by atoms with E-state index in [-0.39, 0.29) is 30.4 Å². The van der Waals surface area contributed by atoms with E-state index < -0.39 is 17.6 Å². The molecule has 0 aliphatic heterocycles. The zero-order chi connectivity index (χ0) is 20.8. The maximum absolute atomic E-state index is 13.1. The molecule has 3 rings (SSSR count). The van der Waals surface area contributed by atoms with Crippen LogP contribution >= 0.6 is 11.6 Å². The number of halogens is 2. The predicted molar refractivity (Wildman–Crippen MR) is 102 cm³/mol. The van der Waals surface area contributed by atoms with E-state index in [1.165, 1.54) is 25.3 Å². The number of methoxy groups -OCH3 is 1. The molecule has 10 heteroatoms. The van der Waals surface area contributed by atoms with Crippen LogP contribution < -0.4 is 15.4 Å². The summed E-state index contributed by atoms with van der Waals surface area (Å²) in [5.41, 5.74) is 0.665. The fraction of sp³-hybridized carbons (Fsp3) is 0.158. The SMILES string of the molecule is COc1ccc(Cl)cc1-c1noc(C(=O)NCCNC(=O)c2cccc(F)c2)n1. The van der Waals surface area contributed by atoms with Gasteiger partial charge in [0.25, 0.3) is 5.91 Å². The third-order valence-electron chi connectivity index (χ3n) is 3.81. The van der Waals surface area contributed by atoms with Crippen molar-refractivity contribution in [2.24, 2.45) is 0 Å². The van der Waals surface area contributed by atoms with E-state index in [4.69, 9.17) is 20.9 Å². The number of ether oxygens (including phenoxy) is 1. The maximum atomic E-state index is 13.1. The van der Waals surface area contributed by atoms with Crippen molar-refractivity contribution < 1.29 is 23.2 Å². The molecule has 0 atom stereocenters. The van der Waals surface area contributed by atoms with Crippen LogP contribution in [0.4, 0.5) is 4.39 Å². The molecule has 0 saturated heterocycles. The number of benzene rings is 2. The second kappa shape index (κ2) is 9.16. The average Bonchev–Trinajstić information content (AvgIpc) is 3.21. The van der Waals surface area contributed by atoms with Gasteiger partial charge in [0, 0.05) is 23.7 Å². The number of hydrogen-bond acceptors (Lipinski definition) is 6. The van der Waals surface area contributed by atoms with Crippen LogP contribution in [0.25, 0.3) is 11.4 Å². The summed E-state index contributed by atoms with van der Waals surface area (Å²) in [6, 6.07) is 10.2. The van der Waals surface area contributed by atoms with Crippen LogP contribution in [0.1, 0.15) is 21.0 Å². The first-order chi connectivity index (χ1) is 14.0. The van der Waals surface area contributed by atoms with Crippen LogP contribution in [0.3, 0.4) is 0 Å². The highest BCUT2D eigenvalue weighted by atomic mass is 35.5. The van der Waals surface area contributed by atoms with Crippen molar-refractivity contribution in [2.75, 3.05) is 20.2 Å². The van der Waals surface area contributed by atoms with Gasteiger partial charge in [-0.1, -0.05) is 22.8 Å². The summed E-state index contributed by atoms with van der Waals surface area (Å²) in [5, 5.41) is 9.33. The van der Waals surface area contributed by atoms with Crippen LogP contribution in [0.15, 0.2) is 47.0 Å². The molecule has 29 heavy (non-hydrogen) atoms. The van der Waals surface area contributed by atoms with Crippen molar-refractivity contribution in [1.29, 1.82) is 0 Å². The Balaban J connectivity index is 1.54. The van der Waals surface area contributed by atoms with Gasteiger partial charge in [0.05, 0.1) is 12.7 Å². The lowest BCUT2D eigenvalue weighted by Gasteiger charge is -2.06. The monoisotopic (exact) mass is 418 g/mol. The van der Waals surface area contributed by atoms with Gasteiger partial charge in [-0.25, -0.2) is 4.39 Å². The van der Waals surface area contributed by atoms with E-state index >= 15 is 0 Å². The van der Waals surface area contributed by atoms with E-state index in [9.17, 15) is 14.0 Å². The molecule has 0 aliphatic carbocycles. The van der Waals surface area contributed by atoms with Gasteiger partial charge in [0.15, 0.2) is 0 Å². The van der Waals surface area contributed by atoms with Gasteiger partial charge in [0.1, 0.15) is 11.6 Å². The van der Waals surface area contributed by atoms with Gasteiger partial charge in [-0.05, 0) is 36.4 Å². The molecule has 2 aromatic carbocycles. The Morgan fingerprint density at radius 2 is 1.90 bits per heavy atom. The summed E-state index contributed by atoms with van der Waals surface area (Å²) in [5.74, 6) is -1.19. The minimum absolute atomic E-state index is 0.109. The van der Waals surface area contributed by atoms with E-state index in [1.807, 2.05) is 0 Å². The minimum Gasteiger partial charge on any atom is -0.496 e. The van der Waals surface area contributed by atoms with Crippen LogP contribution in [-0.2, 0) is 0 Å². The molecule has 1 heterocycles. The summed E-state index contributed by atoms with van der Waals surface area (Å²) < 4.78 is 23.3. The molecule has 0 aliphatic rings. The third kappa shape index (κ3) is 5.08. The summed E-state index contributed by atoms with van der Waals surface area (Å²) in [6.45, 7) is 0.238. The zero-order valence-corrected chi connectivity index (χ0v) is 16.0. The maximum Gasteiger partial charge on any atom is 0.316 e. The van der Waals surface area contributed by atoms with Gasteiger partial charge >= 0.3 is 11.8 Å². The number of carbonyl (C=O) groups is 2. The first kappa shape index (κ1) is 20.3. The highest BCUT2D eigenvalue weighted by molar-refractivity contribution is 6.30. The average molecular weight is 419 g/mol. The molecular formula is C19H16ClFN4O4. The molecule has 0 spiro atoms. The molecule has 1 aromatic heterocycles. The van der Waals surface area contributed by atoms with Crippen molar-refractivity contribution in [3.05, 3.63) is 64.8 Å². The second-order valence-electron chi connectivity index (χ2n) is 5.79. The van der Waals surface area contributed by atoms with Crippen molar-refractivity contribution in [2.45, 2.75) is 0 Å². The second-order valence-corrected chi connectivity index (χ2v) is 6.23.